The van der Waals surface area contributed by atoms with Crippen LogP contribution in [0.3, 0.4) is 0 Å². The molecule has 0 amide bonds. The molecule has 136 valence electrons. The third-order valence-electron chi connectivity index (χ3n) is 3.83. The lowest BCUT2D eigenvalue weighted by Gasteiger charge is -2.36. The van der Waals surface area contributed by atoms with Gasteiger partial charge in [0.1, 0.15) is 0 Å². The van der Waals surface area contributed by atoms with Crippen LogP contribution < -0.4 is 0 Å². The average Bonchev–Trinajstić information content (AvgIpc) is 2.50. The van der Waals surface area contributed by atoms with E-state index in [-0.39, 0.29) is 6.10 Å². The van der Waals surface area contributed by atoms with Crippen molar-refractivity contribution in [2.45, 2.75) is 52.2 Å². The molecule has 23 heavy (non-hydrogen) atoms. The number of nitrogens with zero attached hydrogens (tertiary/aromatic N) is 1. The van der Waals surface area contributed by atoms with E-state index in [1.165, 1.54) is 12.8 Å². The minimum absolute atomic E-state index is 0.00290. The highest BCUT2D eigenvalue weighted by Crippen LogP contribution is 2.23. The Kier molecular flexibility index (Phi) is 11.0. The highest BCUT2D eigenvalue weighted by Gasteiger charge is 2.43. The summed E-state index contributed by atoms with van der Waals surface area (Å²) >= 11 is 0. The average molecular weight is 346 g/mol. The van der Waals surface area contributed by atoms with Crippen LogP contribution >= 0.6 is 0 Å². The Labute approximate surface area is 143 Å². The van der Waals surface area contributed by atoms with Crippen LogP contribution in [0, 0.1) is 0 Å². The Bertz CT molecular complexity index is 311. The van der Waals surface area contributed by atoms with Crippen LogP contribution in [-0.4, -0.2) is 65.9 Å². The first-order valence-electron chi connectivity index (χ1n) is 9.06. The van der Waals surface area contributed by atoms with Crippen LogP contribution in [-0.2, 0) is 18.0 Å². The third-order valence-corrected chi connectivity index (χ3v) is 6.94. The second-order valence-electron chi connectivity index (χ2n) is 5.87. The van der Waals surface area contributed by atoms with E-state index in [1.807, 2.05) is 19.9 Å². The first-order chi connectivity index (χ1) is 11.2. The molecular weight excluding hydrogens is 310 g/mol. The summed E-state index contributed by atoms with van der Waals surface area (Å²) < 4.78 is 24.2. The van der Waals surface area contributed by atoms with Gasteiger partial charge in [0.15, 0.2) is 0 Å². The Morgan fingerprint density at radius 1 is 1.26 bits per heavy atom. The standard InChI is InChI=1S/C17H35NO4Si/c1-5-9-12-18(11-6-2)15-17-16-19-13-10-14-23(22-17,20-7-3)21-8-4/h6,17H,2,5,7-16H2,1,3-4H3. The molecule has 0 N–H and O–H groups in total. The van der Waals surface area contributed by atoms with E-state index >= 15 is 0 Å². The van der Waals surface area contributed by atoms with Crippen molar-refractivity contribution in [3.05, 3.63) is 12.7 Å². The van der Waals surface area contributed by atoms with Gasteiger partial charge in [-0.25, -0.2) is 0 Å². The van der Waals surface area contributed by atoms with Crippen molar-refractivity contribution < 1.29 is 18.0 Å². The maximum absolute atomic E-state index is 6.41. The molecule has 0 aromatic rings. The van der Waals surface area contributed by atoms with Gasteiger partial charge in [0.25, 0.3) is 0 Å². The Hall–Kier alpha value is -0.243. The molecule has 6 heteroatoms. The normalized spacial score (nSPS) is 21.8. The van der Waals surface area contributed by atoms with Gasteiger partial charge in [0.05, 0.1) is 12.7 Å². The van der Waals surface area contributed by atoms with Gasteiger partial charge >= 0.3 is 8.80 Å². The van der Waals surface area contributed by atoms with Crippen LogP contribution in [0.2, 0.25) is 6.04 Å². The summed E-state index contributed by atoms with van der Waals surface area (Å²) in [6.07, 6.45) is 5.25. The number of hydrogen-bond acceptors (Lipinski definition) is 5. The van der Waals surface area contributed by atoms with Crippen molar-refractivity contribution in [3.8, 4) is 0 Å². The lowest BCUT2D eigenvalue weighted by Crippen LogP contribution is -2.53. The minimum Gasteiger partial charge on any atom is -0.379 e. The van der Waals surface area contributed by atoms with Crippen molar-refractivity contribution in [1.29, 1.82) is 0 Å². The van der Waals surface area contributed by atoms with Crippen LogP contribution in [0.25, 0.3) is 0 Å². The van der Waals surface area contributed by atoms with Gasteiger partial charge in [-0.1, -0.05) is 19.4 Å². The summed E-state index contributed by atoms with van der Waals surface area (Å²) in [6.45, 7) is 15.5. The highest BCUT2D eigenvalue weighted by molar-refractivity contribution is 6.60. The molecule has 0 aromatic heterocycles. The SMILES string of the molecule is C=CCN(CCCC)CC1COCCC[Si](OCC)(OCC)O1. The monoisotopic (exact) mass is 345 g/mol. The van der Waals surface area contributed by atoms with Gasteiger partial charge in [0, 0.05) is 39.0 Å². The topological polar surface area (TPSA) is 40.2 Å². The molecule has 1 rings (SSSR count). The van der Waals surface area contributed by atoms with Crippen molar-refractivity contribution in [2.24, 2.45) is 0 Å². The summed E-state index contributed by atoms with van der Waals surface area (Å²) in [5.41, 5.74) is 0. The fourth-order valence-electron chi connectivity index (χ4n) is 2.85. The number of unbranched alkanes of at least 4 members (excludes halogenated alkanes) is 1. The van der Waals surface area contributed by atoms with E-state index in [2.05, 4.69) is 18.4 Å². The molecule has 0 aromatic carbocycles. The van der Waals surface area contributed by atoms with Crippen molar-refractivity contribution in [1.82, 2.24) is 4.90 Å². The smallest absolute Gasteiger partial charge is 0.379 e. The predicted molar refractivity (Wildman–Crippen MR) is 95.7 cm³/mol. The van der Waals surface area contributed by atoms with Crippen LogP contribution in [0.5, 0.6) is 0 Å². The molecule has 0 spiro atoms. The summed E-state index contributed by atoms with van der Waals surface area (Å²) in [7, 11) is -2.58. The van der Waals surface area contributed by atoms with Crippen LogP contribution in [0.4, 0.5) is 0 Å². The lowest BCUT2D eigenvalue weighted by atomic mass is 10.2. The molecule has 1 atom stereocenters. The van der Waals surface area contributed by atoms with Gasteiger partial charge in [0.2, 0.25) is 0 Å². The molecule has 0 aliphatic carbocycles. The van der Waals surface area contributed by atoms with E-state index in [0.717, 1.165) is 38.7 Å². The van der Waals surface area contributed by atoms with Gasteiger partial charge in [-0.15, -0.1) is 6.58 Å². The molecule has 1 aliphatic heterocycles. The maximum atomic E-state index is 6.41. The Morgan fingerprint density at radius 3 is 2.61 bits per heavy atom. The molecule has 0 saturated carbocycles. The predicted octanol–water partition coefficient (Wildman–Crippen LogP) is 3.09. The number of ether oxygens (including phenoxy) is 1. The molecule has 0 radical (unpaired) electrons. The van der Waals surface area contributed by atoms with Crippen molar-refractivity contribution >= 4 is 8.80 Å². The second-order valence-corrected chi connectivity index (χ2v) is 8.55. The molecule has 1 unspecified atom stereocenters. The quantitative estimate of drug-likeness (QED) is 0.425. The molecule has 5 nitrogen and oxygen atoms in total. The van der Waals surface area contributed by atoms with E-state index in [9.17, 15) is 0 Å². The molecule has 1 saturated heterocycles. The van der Waals surface area contributed by atoms with Gasteiger partial charge in [-0.3, -0.25) is 4.90 Å². The summed E-state index contributed by atoms with van der Waals surface area (Å²) in [6, 6.07) is 0.835. The first-order valence-corrected chi connectivity index (χ1v) is 11.0. The van der Waals surface area contributed by atoms with E-state index in [1.54, 1.807) is 0 Å². The van der Waals surface area contributed by atoms with Crippen molar-refractivity contribution in [2.75, 3.05) is 46.1 Å². The lowest BCUT2D eigenvalue weighted by molar-refractivity contribution is -0.0354. The second kappa shape index (κ2) is 12.2. The summed E-state index contributed by atoms with van der Waals surface area (Å²) in [5.74, 6) is 0. The number of rotatable bonds is 11. The zero-order valence-electron chi connectivity index (χ0n) is 15.2. The molecule has 1 fully saturated rings. The Balaban J connectivity index is 2.73. The van der Waals surface area contributed by atoms with Gasteiger partial charge in [-0.05, 0) is 33.2 Å². The zero-order valence-corrected chi connectivity index (χ0v) is 16.2. The number of hydrogen-bond donors (Lipinski definition) is 0. The van der Waals surface area contributed by atoms with E-state index in [4.69, 9.17) is 18.0 Å². The summed E-state index contributed by atoms with van der Waals surface area (Å²) in [4.78, 5) is 2.38. The minimum atomic E-state index is -2.58. The molecule has 1 aliphatic rings. The first kappa shape index (κ1) is 20.8. The van der Waals surface area contributed by atoms with E-state index < -0.39 is 8.80 Å². The third kappa shape index (κ3) is 7.91. The fourth-order valence-corrected chi connectivity index (χ4v) is 5.58. The maximum Gasteiger partial charge on any atom is 0.501 e. The van der Waals surface area contributed by atoms with Crippen LogP contribution in [0.15, 0.2) is 12.7 Å². The molecule has 1 heterocycles. The Morgan fingerprint density at radius 2 is 2.00 bits per heavy atom. The zero-order chi connectivity index (χ0) is 17.0. The largest absolute Gasteiger partial charge is 0.501 e. The van der Waals surface area contributed by atoms with Gasteiger partial charge < -0.3 is 18.0 Å². The fraction of sp³-hybridized carbons (Fsp3) is 0.882. The summed E-state index contributed by atoms with van der Waals surface area (Å²) in [5, 5.41) is 0. The highest BCUT2D eigenvalue weighted by atomic mass is 28.4. The molecular formula is C17H35NO4Si. The van der Waals surface area contributed by atoms with Crippen LogP contribution in [0.1, 0.15) is 40.0 Å². The van der Waals surface area contributed by atoms with Crippen molar-refractivity contribution in [3.63, 3.8) is 0 Å². The van der Waals surface area contributed by atoms with Gasteiger partial charge in [-0.2, -0.15) is 0 Å². The van der Waals surface area contributed by atoms with E-state index in [0.29, 0.717) is 19.8 Å². The molecule has 0 bridgehead atoms.